The van der Waals surface area contributed by atoms with Crippen molar-refractivity contribution >= 4 is 11.8 Å². The number of nitrogens with zero attached hydrogens (tertiary/aromatic N) is 1. The summed E-state index contributed by atoms with van der Waals surface area (Å²) in [5.41, 5.74) is 0. The van der Waals surface area contributed by atoms with E-state index >= 15 is 0 Å². The molecule has 0 aromatic carbocycles. The summed E-state index contributed by atoms with van der Waals surface area (Å²) in [6, 6.07) is 1.47. The van der Waals surface area contributed by atoms with Crippen molar-refractivity contribution < 1.29 is 4.74 Å². The zero-order valence-corrected chi connectivity index (χ0v) is 12.0. The van der Waals surface area contributed by atoms with Crippen LogP contribution in [0.3, 0.4) is 0 Å². The zero-order chi connectivity index (χ0) is 12.1. The number of ether oxygens (including phenoxy) is 1. The molecule has 17 heavy (non-hydrogen) atoms. The van der Waals surface area contributed by atoms with Crippen LogP contribution < -0.4 is 5.32 Å². The second-order valence-electron chi connectivity index (χ2n) is 5.36. The zero-order valence-electron chi connectivity index (χ0n) is 11.2. The van der Waals surface area contributed by atoms with E-state index in [9.17, 15) is 0 Å². The van der Waals surface area contributed by atoms with Crippen LogP contribution in [0.1, 0.15) is 19.8 Å². The van der Waals surface area contributed by atoms with Gasteiger partial charge in [-0.05, 0) is 31.1 Å². The summed E-state index contributed by atoms with van der Waals surface area (Å²) in [7, 11) is 1.80. The van der Waals surface area contributed by atoms with Crippen molar-refractivity contribution in [2.24, 2.45) is 5.92 Å². The highest BCUT2D eigenvalue weighted by Crippen LogP contribution is 2.28. The molecule has 0 radical (unpaired) electrons. The third kappa shape index (κ3) is 3.85. The lowest BCUT2D eigenvalue weighted by Crippen LogP contribution is -2.47. The Morgan fingerprint density at radius 2 is 2.29 bits per heavy atom. The van der Waals surface area contributed by atoms with Crippen LogP contribution in [0.5, 0.6) is 0 Å². The van der Waals surface area contributed by atoms with Gasteiger partial charge < -0.3 is 10.1 Å². The van der Waals surface area contributed by atoms with Crippen LogP contribution >= 0.6 is 11.8 Å². The van der Waals surface area contributed by atoms with Gasteiger partial charge in [0.15, 0.2) is 0 Å². The first-order valence-electron chi connectivity index (χ1n) is 6.85. The highest BCUT2D eigenvalue weighted by atomic mass is 32.2. The summed E-state index contributed by atoms with van der Waals surface area (Å²) in [5.74, 6) is 3.46. The minimum atomic E-state index is 0.713. The van der Waals surface area contributed by atoms with E-state index in [1.807, 2.05) is 0 Å². The third-order valence-corrected chi connectivity index (χ3v) is 5.33. The average Bonchev–Trinajstić information content (AvgIpc) is 2.95. The van der Waals surface area contributed by atoms with Crippen LogP contribution in [0, 0.1) is 5.92 Å². The molecule has 3 unspecified atom stereocenters. The lowest BCUT2D eigenvalue weighted by Gasteiger charge is -2.33. The van der Waals surface area contributed by atoms with Gasteiger partial charge in [-0.2, -0.15) is 11.8 Å². The second kappa shape index (κ2) is 6.98. The van der Waals surface area contributed by atoms with Gasteiger partial charge in [-0.25, -0.2) is 0 Å². The molecule has 2 rings (SSSR count). The number of thioether (sulfide) groups is 1. The SMILES string of the molecule is COCCN(CC1CCCN1)C1CSCC1C. The van der Waals surface area contributed by atoms with E-state index in [-0.39, 0.29) is 0 Å². The van der Waals surface area contributed by atoms with Gasteiger partial charge in [0.05, 0.1) is 6.61 Å². The lowest BCUT2D eigenvalue weighted by atomic mass is 10.0. The molecule has 100 valence electrons. The van der Waals surface area contributed by atoms with Gasteiger partial charge in [-0.3, -0.25) is 4.90 Å². The second-order valence-corrected chi connectivity index (χ2v) is 6.44. The van der Waals surface area contributed by atoms with Gasteiger partial charge in [0, 0.05) is 38.0 Å². The van der Waals surface area contributed by atoms with Crippen molar-refractivity contribution in [3.8, 4) is 0 Å². The molecule has 1 N–H and O–H groups in total. The predicted molar refractivity (Wildman–Crippen MR) is 74.8 cm³/mol. The van der Waals surface area contributed by atoms with Gasteiger partial charge in [-0.1, -0.05) is 6.92 Å². The van der Waals surface area contributed by atoms with Crippen molar-refractivity contribution in [2.75, 3.05) is 44.9 Å². The van der Waals surface area contributed by atoms with Gasteiger partial charge in [-0.15, -0.1) is 0 Å². The summed E-state index contributed by atoms with van der Waals surface area (Å²) in [6.07, 6.45) is 2.69. The van der Waals surface area contributed by atoms with Crippen LogP contribution in [0.4, 0.5) is 0 Å². The van der Waals surface area contributed by atoms with E-state index in [1.165, 1.54) is 37.4 Å². The molecule has 4 heteroatoms. The van der Waals surface area contributed by atoms with Crippen LogP contribution in [0.15, 0.2) is 0 Å². The van der Waals surface area contributed by atoms with E-state index in [4.69, 9.17) is 4.74 Å². The lowest BCUT2D eigenvalue weighted by molar-refractivity contribution is 0.106. The molecule has 0 aromatic heterocycles. The highest BCUT2D eigenvalue weighted by molar-refractivity contribution is 7.99. The van der Waals surface area contributed by atoms with Crippen molar-refractivity contribution in [3.63, 3.8) is 0 Å². The molecule has 2 aliphatic heterocycles. The Balaban J connectivity index is 1.86. The molecule has 3 nitrogen and oxygen atoms in total. The molecule has 2 aliphatic rings. The van der Waals surface area contributed by atoms with E-state index in [1.54, 1.807) is 7.11 Å². The molecule has 0 aliphatic carbocycles. The van der Waals surface area contributed by atoms with E-state index in [0.717, 1.165) is 25.1 Å². The average molecular weight is 258 g/mol. The first-order chi connectivity index (χ1) is 8.31. The maximum atomic E-state index is 5.26. The van der Waals surface area contributed by atoms with Crippen molar-refractivity contribution in [1.29, 1.82) is 0 Å². The largest absolute Gasteiger partial charge is 0.383 e. The Morgan fingerprint density at radius 3 is 2.88 bits per heavy atom. The Morgan fingerprint density at radius 1 is 1.41 bits per heavy atom. The quantitative estimate of drug-likeness (QED) is 0.779. The summed E-state index contributed by atoms with van der Waals surface area (Å²) in [4.78, 5) is 2.66. The van der Waals surface area contributed by atoms with Crippen LogP contribution in [0.25, 0.3) is 0 Å². The Kier molecular flexibility index (Phi) is 5.60. The van der Waals surface area contributed by atoms with Crippen LogP contribution in [0.2, 0.25) is 0 Å². The smallest absolute Gasteiger partial charge is 0.0589 e. The fourth-order valence-electron chi connectivity index (χ4n) is 2.91. The predicted octanol–water partition coefficient (Wildman–Crippen LogP) is 1.44. The van der Waals surface area contributed by atoms with Crippen molar-refractivity contribution in [3.05, 3.63) is 0 Å². The minimum absolute atomic E-state index is 0.713. The van der Waals surface area contributed by atoms with Gasteiger partial charge in [0.1, 0.15) is 0 Å². The normalized spacial score (nSPS) is 33.7. The molecule has 0 amide bonds. The third-order valence-electron chi connectivity index (χ3n) is 4.00. The highest BCUT2D eigenvalue weighted by Gasteiger charge is 2.31. The minimum Gasteiger partial charge on any atom is -0.383 e. The number of methoxy groups -OCH3 is 1. The molecule has 0 aromatic rings. The van der Waals surface area contributed by atoms with Crippen LogP contribution in [-0.2, 0) is 4.74 Å². The molecule has 2 fully saturated rings. The Labute approximate surface area is 110 Å². The summed E-state index contributed by atoms with van der Waals surface area (Å²) in [6.45, 7) is 6.76. The number of rotatable bonds is 6. The molecular weight excluding hydrogens is 232 g/mol. The molecule has 0 saturated carbocycles. The standard InChI is InChI=1S/C13H26N2OS/c1-11-9-17-10-13(11)15(6-7-16-2)8-12-4-3-5-14-12/h11-14H,3-10H2,1-2H3. The van der Waals surface area contributed by atoms with E-state index in [0.29, 0.717) is 6.04 Å². The molecule has 0 spiro atoms. The van der Waals surface area contributed by atoms with Gasteiger partial charge in [0.25, 0.3) is 0 Å². The van der Waals surface area contributed by atoms with Gasteiger partial charge in [0.2, 0.25) is 0 Å². The molecule has 2 heterocycles. The van der Waals surface area contributed by atoms with Crippen molar-refractivity contribution in [1.82, 2.24) is 10.2 Å². The first kappa shape index (κ1) is 13.7. The maximum absolute atomic E-state index is 5.26. The number of nitrogens with one attached hydrogen (secondary N) is 1. The molecule has 0 bridgehead atoms. The molecular formula is C13H26N2OS. The topological polar surface area (TPSA) is 24.5 Å². The number of hydrogen-bond donors (Lipinski definition) is 1. The monoisotopic (exact) mass is 258 g/mol. The van der Waals surface area contributed by atoms with Crippen LogP contribution in [-0.4, -0.2) is 61.8 Å². The maximum Gasteiger partial charge on any atom is 0.0589 e. The fourth-order valence-corrected chi connectivity index (χ4v) is 4.42. The molecule has 3 atom stereocenters. The Bertz CT molecular complexity index is 221. The van der Waals surface area contributed by atoms with Crippen molar-refractivity contribution in [2.45, 2.75) is 31.8 Å². The van der Waals surface area contributed by atoms with E-state index < -0.39 is 0 Å². The summed E-state index contributed by atoms with van der Waals surface area (Å²) >= 11 is 2.11. The van der Waals surface area contributed by atoms with E-state index in [2.05, 4.69) is 28.9 Å². The Hall–Kier alpha value is 0.230. The molecule has 2 saturated heterocycles. The fraction of sp³-hybridized carbons (Fsp3) is 1.00. The first-order valence-corrected chi connectivity index (χ1v) is 8.01. The summed E-state index contributed by atoms with van der Waals surface area (Å²) in [5, 5.41) is 3.61. The van der Waals surface area contributed by atoms with Gasteiger partial charge >= 0.3 is 0 Å². The summed E-state index contributed by atoms with van der Waals surface area (Å²) < 4.78 is 5.26. The number of hydrogen-bond acceptors (Lipinski definition) is 4.